The lowest BCUT2D eigenvalue weighted by Gasteiger charge is -2.54. The maximum atomic E-state index is 2.68. The average molecular weight is 338 g/mol. The molecule has 0 saturated carbocycles. The number of quaternary nitrogens is 1. The van der Waals surface area contributed by atoms with Crippen LogP contribution < -0.4 is 0 Å². The number of rotatable bonds is 14. The van der Waals surface area contributed by atoms with E-state index in [1.807, 2.05) is 0 Å². The van der Waals surface area contributed by atoms with Crippen LogP contribution in [0.25, 0.3) is 0 Å². The first-order chi connectivity index (χ1) is 11.8. The van der Waals surface area contributed by atoms with Gasteiger partial charge in [-0.05, 0) is 19.3 Å². The van der Waals surface area contributed by atoms with Crippen LogP contribution in [-0.2, 0) is 0 Å². The van der Waals surface area contributed by atoms with Crippen LogP contribution in [0, 0.1) is 0 Å². The lowest BCUT2D eigenvalue weighted by molar-refractivity contribution is -0.964. The molecule has 24 heavy (non-hydrogen) atoms. The number of nitrogens with zero attached hydrogens (tertiary/aromatic N) is 2. The van der Waals surface area contributed by atoms with Crippen molar-refractivity contribution in [1.82, 2.24) is 4.90 Å². The zero-order chi connectivity index (χ0) is 17.1. The fourth-order valence-corrected chi connectivity index (χ4v) is 5.13. The molecule has 0 aromatic heterocycles. The lowest BCUT2D eigenvalue weighted by atomic mass is 9.95. The molecule has 2 bridgehead atoms. The van der Waals surface area contributed by atoms with Crippen molar-refractivity contribution in [3.8, 4) is 0 Å². The largest absolute Gasteiger partial charge is 0.318 e. The quantitative estimate of drug-likeness (QED) is 0.294. The van der Waals surface area contributed by atoms with E-state index in [0.717, 1.165) is 6.04 Å². The Bertz CT molecular complexity index is 293. The maximum Gasteiger partial charge on any atom is 0.0918 e. The van der Waals surface area contributed by atoms with E-state index < -0.39 is 0 Å². The van der Waals surface area contributed by atoms with Crippen LogP contribution >= 0.6 is 0 Å². The topological polar surface area (TPSA) is 3.24 Å². The molecule has 0 aromatic carbocycles. The Morgan fingerprint density at radius 1 is 0.625 bits per heavy atom. The highest BCUT2D eigenvalue weighted by Crippen LogP contribution is 2.29. The summed E-state index contributed by atoms with van der Waals surface area (Å²) >= 11 is 0. The van der Waals surface area contributed by atoms with Crippen LogP contribution in [0.5, 0.6) is 0 Å². The normalized spacial score (nSPS) is 27.5. The number of hydrogen-bond acceptors (Lipinski definition) is 1. The van der Waals surface area contributed by atoms with Gasteiger partial charge >= 0.3 is 0 Å². The van der Waals surface area contributed by atoms with Gasteiger partial charge in [0.2, 0.25) is 0 Å². The highest BCUT2D eigenvalue weighted by Gasteiger charge is 2.43. The van der Waals surface area contributed by atoms with Gasteiger partial charge < -0.3 is 4.48 Å². The average Bonchev–Trinajstić information content (AvgIpc) is 2.64. The van der Waals surface area contributed by atoms with E-state index in [0.29, 0.717) is 0 Å². The Labute approximate surface area is 152 Å². The summed E-state index contributed by atoms with van der Waals surface area (Å²) in [6.45, 7) is 13.2. The molecule has 2 heteroatoms. The Balaban J connectivity index is 1.55. The summed E-state index contributed by atoms with van der Waals surface area (Å²) in [6.07, 6.45) is 19.0. The predicted octanol–water partition coefficient (Wildman–Crippen LogP) is 5.61. The Morgan fingerprint density at radius 3 is 1.62 bits per heavy atom. The fraction of sp³-hybridized carbons (Fsp3) is 1.00. The molecular formula is C22H45N2+. The van der Waals surface area contributed by atoms with Crippen molar-refractivity contribution < 1.29 is 4.48 Å². The monoisotopic (exact) mass is 337 g/mol. The molecular weight excluding hydrogens is 292 g/mol. The molecule has 0 aliphatic carbocycles. The molecule has 0 amide bonds. The van der Waals surface area contributed by atoms with E-state index in [4.69, 9.17) is 0 Å². The van der Waals surface area contributed by atoms with Crippen molar-refractivity contribution in [2.24, 2.45) is 0 Å². The van der Waals surface area contributed by atoms with Crippen LogP contribution in [0.3, 0.4) is 0 Å². The summed E-state index contributed by atoms with van der Waals surface area (Å²) in [6, 6.07) is 0.978. The van der Waals surface area contributed by atoms with Gasteiger partial charge in [-0.2, -0.15) is 0 Å². The van der Waals surface area contributed by atoms with E-state index in [1.54, 1.807) is 0 Å². The third-order valence-corrected chi connectivity index (χ3v) is 6.87. The molecule has 1 atom stereocenters. The van der Waals surface area contributed by atoms with Crippen molar-refractivity contribution in [3.05, 3.63) is 0 Å². The van der Waals surface area contributed by atoms with Crippen molar-refractivity contribution in [2.45, 2.75) is 103 Å². The van der Waals surface area contributed by atoms with Gasteiger partial charge in [0.1, 0.15) is 0 Å². The first-order valence-electron chi connectivity index (χ1n) is 11.4. The van der Waals surface area contributed by atoms with Crippen molar-refractivity contribution in [2.75, 3.05) is 39.3 Å². The molecule has 3 aliphatic heterocycles. The second kappa shape index (κ2) is 11.5. The Kier molecular flexibility index (Phi) is 9.71. The molecule has 0 N–H and O–H groups in total. The second-order valence-electron chi connectivity index (χ2n) is 8.64. The second-order valence-corrected chi connectivity index (χ2v) is 8.64. The summed E-state index contributed by atoms with van der Waals surface area (Å²) in [4.78, 5) is 2.68. The summed E-state index contributed by atoms with van der Waals surface area (Å²) in [5.74, 6) is 0. The molecule has 0 radical (unpaired) electrons. The molecule has 3 saturated heterocycles. The van der Waals surface area contributed by atoms with E-state index >= 15 is 0 Å². The van der Waals surface area contributed by atoms with Gasteiger partial charge in [-0.3, -0.25) is 4.90 Å². The zero-order valence-electron chi connectivity index (χ0n) is 16.9. The van der Waals surface area contributed by atoms with E-state index in [2.05, 4.69) is 18.7 Å². The molecule has 2 nitrogen and oxygen atoms in total. The third-order valence-electron chi connectivity index (χ3n) is 6.87. The highest BCUT2D eigenvalue weighted by atomic mass is 15.5. The fourth-order valence-electron chi connectivity index (χ4n) is 5.13. The third kappa shape index (κ3) is 6.33. The Hall–Kier alpha value is -0.0800. The van der Waals surface area contributed by atoms with Crippen LogP contribution in [-0.4, -0.2) is 54.7 Å². The van der Waals surface area contributed by atoms with Crippen LogP contribution in [0.4, 0.5) is 0 Å². The smallest absolute Gasteiger partial charge is 0.0918 e. The number of piperazine rings is 3. The molecule has 3 aliphatic rings. The standard InChI is InChI=1S/C22H45N2/c1-3-5-6-7-8-9-10-11-12-13-15-22(14-4-2)24-19-16-23(17-20-24)18-21-24/h22H,3-21H2,1-2H3/q+1. The van der Waals surface area contributed by atoms with Crippen LogP contribution in [0.15, 0.2) is 0 Å². The minimum Gasteiger partial charge on any atom is -0.318 e. The van der Waals surface area contributed by atoms with Gasteiger partial charge in [-0.1, -0.05) is 78.1 Å². The van der Waals surface area contributed by atoms with Crippen LogP contribution in [0.1, 0.15) is 97.3 Å². The number of unbranched alkanes of at least 4 members (excludes halogenated alkanes) is 9. The van der Waals surface area contributed by atoms with Gasteiger partial charge in [0.05, 0.1) is 25.7 Å². The van der Waals surface area contributed by atoms with Gasteiger partial charge in [-0.15, -0.1) is 0 Å². The van der Waals surface area contributed by atoms with Gasteiger partial charge in [-0.25, -0.2) is 0 Å². The van der Waals surface area contributed by atoms with E-state index in [9.17, 15) is 0 Å². The lowest BCUT2D eigenvalue weighted by Crippen LogP contribution is -2.70. The molecule has 0 aromatic rings. The first kappa shape index (κ1) is 20.2. The van der Waals surface area contributed by atoms with Gasteiger partial charge in [0.25, 0.3) is 0 Å². The molecule has 3 rings (SSSR count). The number of fused-ring (bicyclic) bond motifs is 3. The molecule has 142 valence electrons. The summed E-state index contributed by atoms with van der Waals surface area (Å²) in [5, 5.41) is 0. The summed E-state index contributed by atoms with van der Waals surface area (Å²) < 4.78 is 1.49. The summed E-state index contributed by atoms with van der Waals surface area (Å²) in [7, 11) is 0. The van der Waals surface area contributed by atoms with E-state index in [-0.39, 0.29) is 0 Å². The van der Waals surface area contributed by atoms with Gasteiger partial charge in [0, 0.05) is 19.6 Å². The Morgan fingerprint density at radius 2 is 1.12 bits per heavy atom. The minimum atomic E-state index is 0.978. The van der Waals surface area contributed by atoms with Crippen LogP contribution in [0.2, 0.25) is 0 Å². The predicted molar refractivity (Wildman–Crippen MR) is 106 cm³/mol. The van der Waals surface area contributed by atoms with Crippen molar-refractivity contribution in [3.63, 3.8) is 0 Å². The zero-order valence-corrected chi connectivity index (χ0v) is 16.9. The first-order valence-corrected chi connectivity index (χ1v) is 11.4. The molecule has 3 fully saturated rings. The highest BCUT2D eigenvalue weighted by molar-refractivity contribution is 4.75. The molecule has 3 heterocycles. The SMILES string of the molecule is CCCCCCCCCCCCC(CCC)[N+]12CCN(CC1)CC2. The molecule has 0 spiro atoms. The number of hydrogen-bond donors (Lipinski definition) is 0. The summed E-state index contributed by atoms with van der Waals surface area (Å²) in [5.41, 5.74) is 0. The molecule has 1 unspecified atom stereocenters. The van der Waals surface area contributed by atoms with Crippen molar-refractivity contribution in [1.29, 1.82) is 0 Å². The maximum absolute atomic E-state index is 2.68. The van der Waals surface area contributed by atoms with Crippen molar-refractivity contribution >= 4 is 0 Å². The van der Waals surface area contributed by atoms with Gasteiger partial charge in [0.15, 0.2) is 0 Å². The van der Waals surface area contributed by atoms with E-state index in [1.165, 1.54) is 127 Å². The minimum absolute atomic E-state index is 0.978.